The second-order valence-corrected chi connectivity index (χ2v) is 13.2. The van der Waals surface area contributed by atoms with Crippen LogP contribution in [0, 0.1) is 0 Å². The maximum atomic E-state index is 12.4. The Labute approximate surface area is 269 Å². The molecule has 0 aromatic rings. The van der Waals surface area contributed by atoms with Gasteiger partial charge in [-0.1, -0.05) is 115 Å². The minimum Gasteiger partial charge on any atom is -0.462 e. The van der Waals surface area contributed by atoms with Crippen LogP contribution in [0.15, 0.2) is 24.3 Å². The summed E-state index contributed by atoms with van der Waals surface area (Å²) in [4.78, 5) is 34.2. The molecule has 0 heterocycles. The molecule has 0 saturated carbocycles. The van der Waals surface area contributed by atoms with Gasteiger partial charge >= 0.3 is 19.8 Å². The fourth-order valence-corrected chi connectivity index (χ4v) is 5.11. The van der Waals surface area contributed by atoms with Gasteiger partial charge in [-0.05, 0) is 57.8 Å². The van der Waals surface area contributed by atoms with Gasteiger partial charge in [-0.2, -0.15) is 0 Å². The third kappa shape index (κ3) is 30.6. The molecule has 1 N–H and O–H groups in total. The molecular formula is C35H65O8P. The SMILES string of the molecule is CCC/C=C/CCCCCCCC(=O)O[C@H](COC(=O)CCCCCCC/C=C\CCCCCCCC)COP(=O)(O)OC. The lowest BCUT2D eigenvalue weighted by Gasteiger charge is -2.19. The molecule has 0 fully saturated rings. The van der Waals surface area contributed by atoms with Gasteiger partial charge in [0.15, 0.2) is 6.10 Å². The van der Waals surface area contributed by atoms with Gasteiger partial charge < -0.3 is 14.4 Å². The van der Waals surface area contributed by atoms with Crippen LogP contribution in [0.1, 0.15) is 162 Å². The maximum Gasteiger partial charge on any atom is 0.472 e. The van der Waals surface area contributed by atoms with Crippen LogP contribution >= 0.6 is 7.82 Å². The summed E-state index contributed by atoms with van der Waals surface area (Å²) in [6.45, 7) is 3.78. The largest absolute Gasteiger partial charge is 0.472 e. The number of phosphoric ester groups is 1. The second-order valence-electron chi connectivity index (χ2n) is 11.6. The molecular weight excluding hydrogens is 579 g/mol. The molecule has 0 rings (SSSR count). The fraction of sp³-hybridized carbons (Fsp3) is 0.829. The normalized spacial score (nSPS) is 13.8. The van der Waals surface area contributed by atoms with Crippen LogP contribution in [0.5, 0.6) is 0 Å². The van der Waals surface area contributed by atoms with E-state index in [0.29, 0.717) is 6.42 Å². The first-order chi connectivity index (χ1) is 21.3. The first kappa shape index (κ1) is 42.5. The second kappa shape index (κ2) is 31.5. The van der Waals surface area contributed by atoms with E-state index in [1.807, 2.05) is 0 Å². The van der Waals surface area contributed by atoms with E-state index in [0.717, 1.165) is 84.2 Å². The monoisotopic (exact) mass is 644 g/mol. The molecule has 258 valence electrons. The van der Waals surface area contributed by atoms with Crippen LogP contribution in [0.4, 0.5) is 0 Å². The molecule has 0 spiro atoms. The lowest BCUT2D eigenvalue weighted by Crippen LogP contribution is -2.29. The number of hydrogen-bond donors (Lipinski definition) is 1. The van der Waals surface area contributed by atoms with Gasteiger partial charge in [0.1, 0.15) is 6.61 Å². The summed E-state index contributed by atoms with van der Waals surface area (Å²) in [6.07, 6.45) is 32.3. The number of unbranched alkanes of at least 4 members (excludes halogenated alkanes) is 17. The van der Waals surface area contributed by atoms with Gasteiger partial charge in [0, 0.05) is 20.0 Å². The molecule has 8 nitrogen and oxygen atoms in total. The Kier molecular flexibility index (Phi) is 30.5. The van der Waals surface area contributed by atoms with E-state index in [2.05, 4.69) is 42.7 Å². The molecule has 2 atom stereocenters. The first-order valence-electron chi connectivity index (χ1n) is 17.5. The highest BCUT2D eigenvalue weighted by atomic mass is 31.2. The number of rotatable bonds is 32. The summed E-state index contributed by atoms with van der Waals surface area (Å²) < 4.78 is 31.7. The zero-order valence-corrected chi connectivity index (χ0v) is 29.2. The van der Waals surface area contributed by atoms with Crippen molar-refractivity contribution < 1.29 is 37.6 Å². The highest BCUT2D eigenvalue weighted by molar-refractivity contribution is 7.47. The van der Waals surface area contributed by atoms with Crippen LogP contribution < -0.4 is 0 Å². The Morgan fingerprint density at radius 2 is 1.07 bits per heavy atom. The zero-order chi connectivity index (χ0) is 32.6. The van der Waals surface area contributed by atoms with Gasteiger partial charge in [-0.25, -0.2) is 4.57 Å². The molecule has 44 heavy (non-hydrogen) atoms. The Hall–Kier alpha value is -1.47. The fourth-order valence-electron chi connectivity index (χ4n) is 4.65. The Bertz CT molecular complexity index is 783. The first-order valence-corrected chi connectivity index (χ1v) is 19.0. The molecule has 0 aromatic carbocycles. The van der Waals surface area contributed by atoms with Gasteiger partial charge in [0.2, 0.25) is 0 Å². The smallest absolute Gasteiger partial charge is 0.462 e. The van der Waals surface area contributed by atoms with E-state index in [-0.39, 0.29) is 25.4 Å². The topological polar surface area (TPSA) is 108 Å². The van der Waals surface area contributed by atoms with Gasteiger partial charge in [-0.15, -0.1) is 0 Å². The summed E-state index contributed by atoms with van der Waals surface area (Å²) in [7, 11) is -3.20. The molecule has 1 unspecified atom stereocenters. The van der Waals surface area contributed by atoms with E-state index in [9.17, 15) is 19.0 Å². The van der Waals surface area contributed by atoms with Crippen LogP contribution in [-0.2, 0) is 32.7 Å². The number of esters is 2. The van der Waals surface area contributed by atoms with Crippen molar-refractivity contribution in [3.8, 4) is 0 Å². The highest BCUT2D eigenvalue weighted by Crippen LogP contribution is 2.42. The number of carbonyl (C=O) groups excluding carboxylic acids is 2. The summed E-state index contributed by atoms with van der Waals surface area (Å²) in [5.74, 6) is -0.827. The number of allylic oxidation sites excluding steroid dienone is 4. The molecule has 0 saturated heterocycles. The average Bonchev–Trinajstić information content (AvgIpc) is 3.01. The predicted molar refractivity (Wildman–Crippen MR) is 179 cm³/mol. The van der Waals surface area contributed by atoms with Crippen molar-refractivity contribution in [3.63, 3.8) is 0 Å². The molecule has 9 heteroatoms. The number of ether oxygens (including phenoxy) is 2. The van der Waals surface area contributed by atoms with Crippen molar-refractivity contribution in [1.82, 2.24) is 0 Å². The summed E-state index contributed by atoms with van der Waals surface area (Å²) in [5.41, 5.74) is 0. The van der Waals surface area contributed by atoms with E-state index in [4.69, 9.17) is 14.0 Å². The standard InChI is InChI=1S/C35H65O8P/c1-4-6-8-10-12-14-16-17-18-19-20-22-23-25-27-29-34(36)41-31-33(32-42-44(38,39)40-3)43-35(37)30-28-26-24-21-15-13-11-9-7-5-2/h9,11,17-18,33H,4-8,10,12-16,19-32H2,1-3H3,(H,38,39)/b11-9+,18-17-/t33-/m1/s1. The summed E-state index contributed by atoms with van der Waals surface area (Å²) in [5, 5.41) is 0. The predicted octanol–water partition coefficient (Wildman–Crippen LogP) is 10.3. The van der Waals surface area contributed by atoms with Crippen molar-refractivity contribution in [1.29, 1.82) is 0 Å². The van der Waals surface area contributed by atoms with Crippen LogP contribution in [0.3, 0.4) is 0 Å². The highest BCUT2D eigenvalue weighted by Gasteiger charge is 2.24. The van der Waals surface area contributed by atoms with E-state index < -0.39 is 26.5 Å². The van der Waals surface area contributed by atoms with Gasteiger partial charge in [0.05, 0.1) is 6.61 Å². The third-order valence-corrected chi connectivity index (χ3v) is 8.34. The molecule has 0 aliphatic carbocycles. The van der Waals surface area contributed by atoms with Crippen molar-refractivity contribution in [2.45, 2.75) is 168 Å². The third-order valence-electron chi connectivity index (χ3n) is 7.40. The Balaban J connectivity index is 4.09. The van der Waals surface area contributed by atoms with Crippen LogP contribution in [-0.4, -0.2) is 43.3 Å². The quantitative estimate of drug-likeness (QED) is 0.0333. The van der Waals surface area contributed by atoms with Crippen molar-refractivity contribution in [2.75, 3.05) is 20.3 Å². The van der Waals surface area contributed by atoms with Crippen molar-refractivity contribution in [2.24, 2.45) is 0 Å². The lowest BCUT2D eigenvalue weighted by atomic mass is 10.1. The van der Waals surface area contributed by atoms with E-state index >= 15 is 0 Å². The molecule has 0 radical (unpaired) electrons. The lowest BCUT2D eigenvalue weighted by molar-refractivity contribution is -0.161. The van der Waals surface area contributed by atoms with E-state index in [1.54, 1.807) is 0 Å². The maximum absolute atomic E-state index is 12.4. The Morgan fingerprint density at radius 1 is 0.614 bits per heavy atom. The van der Waals surface area contributed by atoms with Gasteiger partial charge in [-0.3, -0.25) is 18.6 Å². The van der Waals surface area contributed by atoms with Gasteiger partial charge in [0.25, 0.3) is 0 Å². The van der Waals surface area contributed by atoms with Crippen molar-refractivity contribution in [3.05, 3.63) is 24.3 Å². The number of phosphoric acid groups is 1. The summed E-state index contributed by atoms with van der Waals surface area (Å²) in [6, 6.07) is 0. The van der Waals surface area contributed by atoms with Crippen LogP contribution in [0.2, 0.25) is 0 Å². The molecule has 0 amide bonds. The number of carbonyl (C=O) groups is 2. The molecule has 0 bridgehead atoms. The van der Waals surface area contributed by atoms with Crippen molar-refractivity contribution >= 4 is 19.8 Å². The Morgan fingerprint density at radius 3 is 1.57 bits per heavy atom. The molecule has 0 aliphatic rings. The van der Waals surface area contributed by atoms with E-state index in [1.165, 1.54) is 51.4 Å². The molecule has 0 aliphatic heterocycles. The number of hydrogen-bond acceptors (Lipinski definition) is 7. The minimum absolute atomic E-state index is 0.231. The average molecular weight is 645 g/mol. The minimum atomic E-state index is -4.25. The molecule has 0 aromatic heterocycles. The zero-order valence-electron chi connectivity index (χ0n) is 28.3. The van der Waals surface area contributed by atoms with Crippen LogP contribution in [0.25, 0.3) is 0 Å². The summed E-state index contributed by atoms with van der Waals surface area (Å²) >= 11 is 0.